The number of aliphatic hydroxyl groups is 2. The first kappa shape index (κ1) is 35.4. The number of halogens is 12. The molecule has 3 aromatic carbocycles. The molecular formula is C25H16F12N2O5S. The van der Waals surface area contributed by atoms with Gasteiger partial charge in [-0.15, -0.1) is 0 Å². The van der Waals surface area contributed by atoms with E-state index in [1.165, 1.54) is 0 Å². The normalized spacial score (nSPS) is 13.8. The van der Waals surface area contributed by atoms with Gasteiger partial charge in [0, 0.05) is 28.1 Å². The second-order valence-electron chi connectivity index (χ2n) is 9.15. The van der Waals surface area contributed by atoms with E-state index in [1.807, 2.05) is 4.72 Å². The molecule has 1 amide bonds. The third kappa shape index (κ3) is 6.66. The minimum Gasteiger partial charge on any atom is -0.369 e. The van der Waals surface area contributed by atoms with E-state index in [0.717, 1.165) is 24.3 Å². The van der Waals surface area contributed by atoms with Gasteiger partial charge < -0.3 is 15.5 Å². The zero-order valence-corrected chi connectivity index (χ0v) is 22.3. The molecule has 45 heavy (non-hydrogen) atoms. The van der Waals surface area contributed by atoms with Gasteiger partial charge in [0.1, 0.15) is 0 Å². The first-order valence-corrected chi connectivity index (χ1v) is 13.1. The maximum absolute atomic E-state index is 13.1. The van der Waals surface area contributed by atoms with Crippen molar-refractivity contribution in [3.8, 4) is 0 Å². The van der Waals surface area contributed by atoms with Crippen LogP contribution >= 0.6 is 0 Å². The average molecular weight is 684 g/mol. The van der Waals surface area contributed by atoms with Gasteiger partial charge in [-0.1, -0.05) is 30.3 Å². The van der Waals surface area contributed by atoms with Gasteiger partial charge in [-0.25, -0.2) is 8.42 Å². The second kappa shape index (κ2) is 11.4. The van der Waals surface area contributed by atoms with Crippen LogP contribution in [0.4, 0.5) is 64.1 Å². The molecule has 4 N–H and O–H groups in total. The van der Waals surface area contributed by atoms with Crippen LogP contribution in [0.5, 0.6) is 0 Å². The highest BCUT2D eigenvalue weighted by atomic mass is 32.2. The number of amides is 1. The molecule has 20 heteroatoms. The van der Waals surface area contributed by atoms with E-state index in [9.17, 15) is 76.1 Å². The lowest BCUT2D eigenvalue weighted by atomic mass is 9.92. The Morgan fingerprint density at radius 3 is 1.33 bits per heavy atom. The Morgan fingerprint density at radius 1 is 0.578 bits per heavy atom. The summed E-state index contributed by atoms with van der Waals surface area (Å²) < 4.78 is 184. The highest BCUT2D eigenvalue weighted by Gasteiger charge is 2.72. The quantitative estimate of drug-likeness (QED) is 0.216. The topological polar surface area (TPSA) is 116 Å². The van der Waals surface area contributed by atoms with Crippen LogP contribution in [0.15, 0.2) is 77.7 Å². The zero-order chi connectivity index (χ0) is 34.4. The number of anilines is 2. The molecule has 0 bridgehead atoms. The lowest BCUT2D eigenvalue weighted by Gasteiger charge is -2.32. The van der Waals surface area contributed by atoms with Gasteiger partial charge in [0.2, 0.25) is 0 Å². The summed E-state index contributed by atoms with van der Waals surface area (Å²) in [5, 5.41) is 20.9. The molecule has 0 radical (unpaired) electrons. The van der Waals surface area contributed by atoms with Gasteiger partial charge in [-0.2, -0.15) is 52.7 Å². The summed E-state index contributed by atoms with van der Waals surface area (Å²) in [4.78, 5) is 11.9. The van der Waals surface area contributed by atoms with Crippen molar-refractivity contribution < 1.29 is 76.1 Å². The first-order valence-electron chi connectivity index (χ1n) is 11.6. The molecular weight excluding hydrogens is 668 g/mol. The number of hydrogen-bond acceptors (Lipinski definition) is 5. The van der Waals surface area contributed by atoms with Gasteiger partial charge in [0.15, 0.2) is 0 Å². The van der Waals surface area contributed by atoms with E-state index in [0.29, 0.717) is 24.3 Å². The Bertz CT molecular complexity index is 1620. The fourth-order valence-electron chi connectivity index (χ4n) is 3.77. The number of rotatable bonds is 7. The molecule has 0 heterocycles. The highest BCUT2D eigenvalue weighted by Crippen LogP contribution is 2.51. The molecule has 246 valence electrons. The van der Waals surface area contributed by atoms with Crippen LogP contribution < -0.4 is 10.0 Å². The summed E-state index contributed by atoms with van der Waals surface area (Å²) >= 11 is 0. The van der Waals surface area contributed by atoms with Crippen molar-refractivity contribution in [1.29, 1.82) is 0 Å². The Kier molecular flexibility index (Phi) is 8.97. The number of hydrogen-bond donors (Lipinski definition) is 4. The number of benzene rings is 3. The van der Waals surface area contributed by atoms with Crippen molar-refractivity contribution in [2.45, 2.75) is 40.8 Å². The molecule has 3 aromatic rings. The van der Waals surface area contributed by atoms with Crippen LogP contribution in [-0.4, -0.2) is 49.2 Å². The molecule has 0 aromatic heterocycles. The van der Waals surface area contributed by atoms with Crippen LogP contribution in [0.2, 0.25) is 0 Å². The van der Waals surface area contributed by atoms with Gasteiger partial charge in [0.05, 0.1) is 4.90 Å². The van der Waals surface area contributed by atoms with E-state index in [1.54, 1.807) is 0 Å². The Morgan fingerprint density at radius 2 is 0.956 bits per heavy atom. The summed E-state index contributed by atoms with van der Waals surface area (Å²) in [6, 6.07) is 6.75. The SMILES string of the molecule is O=C(Nc1ccc(C(O)(C(F)(F)F)C(F)(F)F)cc1)c1cccc(S(=O)(=O)Nc2ccc(C(O)(C(F)(F)F)C(F)(F)F)cc2)c1. The van der Waals surface area contributed by atoms with Crippen LogP contribution in [0.3, 0.4) is 0 Å². The molecule has 0 saturated heterocycles. The van der Waals surface area contributed by atoms with Gasteiger partial charge in [-0.05, 0) is 42.5 Å². The zero-order valence-electron chi connectivity index (χ0n) is 21.5. The minimum absolute atomic E-state index is 0.179. The monoisotopic (exact) mass is 684 g/mol. The Balaban J connectivity index is 1.82. The third-order valence-electron chi connectivity index (χ3n) is 6.16. The second-order valence-corrected chi connectivity index (χ2v) is 10.8. The molecule has 0 saturated carbocycles. The van der Waals surface area contributed by atoms with E-state index in [-0.39, 0.29) is 30.0 Å². The number of nitrogens with one attached hydrogen (secondary N) is 2. The predicted octanol–water partition coefficient (Wildman–Crippen LogP) is 6.36. The maximum atomic E-state index is 13.1. The van der Waals surface area contributed by atoms with Crippen LogP contribution in [0, 0.1) is 0 Å². The van der Waals surface area contributed by atoms with Crippen molar-refractivity contribution in [3.05, 3.63) is 89.5 Å². The maximum Gasteiger partial charge on any atom is 0.430 e. The van der Waals surface area contributed by atoms with Crippen molar-refractivity contribution >= 4 is 27.3 Å². The van der Waals surface area contributed by atoms with E-state index >= 15 is 0 Å². The fourth-order valence-corrected chi connectivity index (χ4v) is 4.88. The van der Waals surface area contributed by atoms with Crippen molar-refractivity contribution in [1.82, 2.24) is 0 Å². The summed E-state index contributed by atoms with van der Waals surface area (Å²) in [5.41, 5.74) is -15.1. The van der Waals surface area contributed by atoms with Crippen molar-refractivity contribution in [3.63, 3.8) is 0 Å². The number of carbonyl (C=O) groups is 1. The summed E-state index contributed by atoms with van der Waals surface area (Å²) in [6.45, 7) is 0. The number of carbonyl (C=O) groups excluding carboxylic acids is 1. The average Bonchev–Trinajstić information content (AvgIpc) is 2.90. The van der Waals surface area contributed by atoms with E-state index < -0.39 is 79.1 Å². The molecule has 0 spiro atoms. The molecule has 0 fully saturated rings. The predicted molar refractivity (Wildman–Crippen MR) is 130 cm³/mol. The molecule has 3 rings (SSSR count). The Labute approximate surface area is 244 Å². The number of sulfonamides is 1. The molecule has 0 aliphatic rings. The van der Waals surface area contributed by atoms with Gasteiger partial charge in [0.25, 0.3) is 27.1 Å². The minimum atomic E-state index is -6.19. The first-order chi connectivity index (χ1) is 20.3. The van der Waals surface area contributed by atoms with Crippen LogP contribution in [0.1, 0.15) is 21.5 Å². The standard InChI is InChI=1S/C25H16F12N2O5S/c26-22(27,28)20(41,23(29,30)31)14-4-8-16(9-5-14)38-19(40)13-2-1-3-18(12-13)45(43,44)39-17-10-6-15(7-11-17)21(42,24(32,33)34)25(35,36)37/h1-12,39,41-42H,(H,38,40). The molecule has 0 atom stereocenters. The van der Waals surface area contributed by atoms with Crippen molar-refractivity contribution in [2.24, 2.45) is 0 Å². The van der Waals surface area contributed by atoms with E-state index in [4.69, 9.17) is 0 Å². The molecule has 0 unspecified atom stereocenters. The smallest absolute Gasteiger partial charge is 0.369 e. The summed E-state index contributed by atoms with van der Waals surface area (Å²) in [5.74, 6) is -1.12. The molecule has 0 aliphatic carbocycles. The molecule has 0 aliphatic heterocycles. The summed E-state index contributed by atoms with van der Waals surface area (Å²) in [7, 11) is -4.68. The summed E-state index contributed by atoms with van der Waals surface area (Å²) in [6.07, 6.45) is -24.7. The largest absolute Gasteiger partial charge is 0.430 e. The lowest BCUT2D eigenvalue weighted by molar-refractivity contribution is -0.376. The third-order valence-corrected chi connectivity index (χ3v) is 7.54. The molecule has 7 nitrogen and oxygen atoms in total. The van der Waals surface area contributed by atoms with Gasteiger partial charge >= 0.3 is 24.7 Å². The number of alkyl halides is 12. The highest BCUT2D eigenvalue weighted by molar-refractivity contribution is 7.92. The van der Waals surface area contributed by atoms with Crippen LogP contribution in [-0.2, 0) is 21.2 Å². The fraction of sp³-hybridized carbons (Fsp3) is 0.240. The Hall–Kier alpha value is -4.04. The lowest BCUT2D eigenvalue weighted by Crippen LogP contribution is -2.53. The van der Waals surface area contributed by atoms with Crippen molar-refractivity contribution in [2.75, 3.05) is 10.0 Å². The van der Waals surface area contributed by atoms with E-state index in [2.05, 4.69) is 5.32 Å². The van der Waals surface area contributed by atoms with Crippen LogP contribution in [0.25, 0.3) is 0 Å². The van der Waals surface area contributed by atoms with Gasteiger partial charge in [-0.3, -0.25) is 9.52 Å².